The van der Waals surface area contributed by atoms with Gasteiger partial charge >= 0.3 is 5.97 Å². The second-order valence-corrected chi connectivity index (χ2v) is 4.29. The first kappa shape index (κ1) is 12.2. The van der Waals surface area contributed by atoms with Gasteiger partial charge in [-0.15, -0.1) is 0 Å². The van der Waals surface area contributed by atoms with Crippen LogP contribution >= 0.6 is 11.6 Å². The summed E-state index contributed by atoms with van der Waals surface area (Å²) < 4.78 is 10.7. The fraction of sp³-hybridized carbons (Fsp3) is 0.417. The SMILES string of the molecule is COc1cccc(Cl)c1C1OCCC1C(=O)O. The molecule has 1 aromatic carbocycles. The largest absolute Gasteiger partial charge is 0.496 e. The molecule has 5 heteroatoms. The molecule has 0 spiro atoms. The van der Waals surface area contributed by atoms with Crippen molar-refractivity contribution in [2.45, 2.75) is 12.5 Å². The minimum Gasteiger partial charge on any atom is -0.496 e. The highest BCUT2D eigenvalue weighted by atomic mass is 35.5. The molecule has 2 atom stereocenters. The highest BCUT2D eigenvalue weighted by Gasteiger charge is 2.37. The maximum Gasteiger partial charge on any atom is 0.309 e. The van der Waals surface area contributed by atoms with Crippen molar-refractivity contribution in [1.82, 2.24) is 0 Å². The fourth-order valence-electron chi connectivity index (χ4n) is 2.10. The van der Waals surface area contributed by atoms with Crippen LogP contribution < -0.4 is 4.74 Å². The first-order valence-electron chi connectivity index (χ1n) is 5.32. The van der Waals surface area contributed by atoms with Gasteiger partial charge in [0.1, 0.15) is 11.9 Å². The molecule has 0 aromatic heterocycles. The molecule has 92 valence electrons. The molecule has 1 aliphatic heterocycles. The summed E-state index contributed by atoms with van der Waals surface area (Å²) in [7, 11) is 1.53. The minimum atomic E-state index is -0.866. The summed E-state index contributed by atoms with van der Waals surface area (Å²) in [5, 5.41) is 9.61. The highest BCUT2D eigenvalue weighted by molar-refractivity contribution is 6.31. The second kappa shape index (κ2) is 4.94. The Labute approximate surface area is 104 Å². The number of ether oxygens (including phenoxy) is 2. The summed E-state index contributed by atoms with van der Waals surface area (Å²) in [6.45, 7) is 0.427. The van der Waals surface area contributed by atoms with Gasteiger partial charge in [-0.2, -0.15) is 0 Å². The Hall–Kier alpha value is -1.26. The monoisotopic (exact) mass is 256 g/mol. The molecule has 1 aliphatic rings. The van der Waals surface area contributed by atoms with E-state index in [2.05, 4.69) is 0 Å². The summed E-state index contributed by atoms with van der Waals surface area (Å²) in [5.74, 6) is -0.867. The molecule has 2 rings (SSSR count). The van der Waals surface area contributed by atoms with E-state index < -0.39 is 18.0 Å². The third-order valence-corrected chi connectivity index (χ3v) is 3.26. The zero-order valence-electron chi connectivity index (χ0n) is 9.35. The van der Waals surface area contributed by atoms with E-state index >= 15 is 0 Å². The second-order valence-electron chi connectivity index (χ2n) is 3.88. The van der Waals surface area contributed by atoms with E-state index in [1.165, 1.54) is 7.11 Å². The van der Waals surface area contributed by atoms with Crippen LogP contribution in [0.15, 0.2) is 18.2 Å². The van der Waals surface area contributed by atoms with Crippen molar-refractivity contribution in [3.63, 3.8) is 0 Å². The van der Waals surface area contributed by atoms with Gasteiger partial charge in [0.2, 0.25) is 0 Å². The van der Waals surface area contributed by atoms with Crippen LogP contribution in [0.1, 0.15) is 18.1 Å². The molecule has 1 saturated heterocycles. The van der Waals surface area contributed by atoms with E-state index in [0.29, 0.717) is 29.4 Å². The summed E-state index contributed by atoms with van der Waals surface area (Å²) in [6.07, 6.45) is -0.0369. The molecule has 17 heavy (non-hydrogen) atoms. The lowest BCUT2D eigenvalue weighted by Gasteiger charge is -2.19. The van der Waals surface area contributed by atoms with Crippen molar-refractivity contribution in [2.75, 3.05) is 13.7 Å². The number of hydrogen-bond acceptors (Lipinski definition) is 3. The predicted octanol–water partition coefficient (Wildman–Crippen LogP) is 2.51. The quantitative estimate of drug-likeness (QED) is 0.903. The molecule has 0 radical (unpaired) electrons. The Bertz CT molecular complexity index is 433. The molecule has 0 bridgehead atoms. The summed E-state index contributed by atoms with van der Waals surface area (Å²) in [6, 6.07) is 5.22. The van der Waals surface area contributed by atoms with Gasteiger partial charge < -0.3 is 14.6 Å². The fourth-order valence-corrected chi connectivity index (χ4v) is 2.37. The number of aliphatic carboxylic acids is 1. The smallest absolute Gasteiger partial charge is 0.309 e. The molecule has 0 aliphatic carbocycles. The van der Waals surface area contributed by atoms with Crippen molar-refractivity contribution in [2.24, 2.45) is 5.92 Å². The maximum absolute atomic E-state index is 11.1. The summed E-state index contributed by atoms with van der Waals surface area (Å²) >= 11 is 6.11. The molecule has 1 fully saturated rings. The van der Waals surface area contributed by atoms with Gasteiger partial charge in [0.15, 0.2) is 0 Å². The Balaban J connectivity index is 2.42. The predicted molar refractivity (Wildman–Crippen MR) is 62.4 cm³/mol. The number of methoxy groups -OCH3 is 1. The van der Waals surface area contributed by atoms with Crippen LogP contribution in [0.2, 0.25) is 5.02 Å². The van der Waals surface area contributed by atoms with Gasteiger partial charge in [0.05, 0.1) is 18.1 Å². The molecule has 2 unspecified atom stereocenters. The van der Waals surface area contributed by atoms with Crippen LogP contribution in [0.5, 0.6) is 5.75 Å². The van der Waals surface area contributed by atoms with E-state index in [9.17, 15) is 4.79 Å². The zero-order chi connectivity index (χ0) is 12.4. The normalized spacial score (nSPS) is 23.6. The molecule has 4 nitrogen and oxygen atoms in total. The van der Waals surface area contributed by atoms with Crippen molar-refractivity contribution < 1.29 is 19.4 Å². The molecule has 1 N–H and O–H groups in total. The zero-order valence-corrected chi connectivity index (χ0v) is 10.1. The molecule has 1 aromatic rings. The average molecular weight is 257 g/mol. The Kier molecular flexibility index (Phi) is 3.54. The summed E-state index contributed by atoms with van der Waals surface area (Å²) in [5.41, 5.74) is 0.626. The van der Waals surface area contributed by atoms with Crippen molar-refractivity contribution in [1.29, 1.82) is 0 Å². The molecule has 0 saturated carbocycles. The van der Waals surface area contributed by atoms with Crippen molar-refractivity contribution in [3.8, 4) is 5.75 Å². The Morgan fingerprint density at radius 3 is 3.00 bits per heavy atom. The van der Waals surface area contributed by atoms with Gasteiger partial charge in [-0.25, -0.2) is 0 Å². The third-order valence-electron chi connectivity index (χ3n) is 2.93. The third kappa shape index (κ3) is 2.23. The minimum absolute atomic E-state index is 0.427. The van der Waals surface area contributed by atoms with Gasteiger partial charge in [-0.1, -0.05) is 17.7 Å². The average Bonchev–Trinajstić information content (AvgIpc) is 2.77. The number of rotatable bonds is 3. The van der Waals surface area contributed by atoms with E-state index in [0.717, 1.165) is 0 Å². The van der Waals surface area contributed by atoms with Crippen LogP contribution in [-0.2, 0) is 9.53 Å². The number of carboxylic acids is 1. The van der Waals surface area contributed by atoms with E-state index in [1.54, 1.807) is 18.2 Å². The topological polar surface area (TPSA) is 55.8 Å². The van der Waals surface area contributed by atoms with Crippen LogP contribution in [0.25, 0.3) is 0 Å². The Morgan fingerprint density at radius 1 is 1.59 bits per heavy atom. The van der Waals surface area contributed by atoms with Crippen LogP contribution in [0.3, 0.4) is 0 Å². The number of benzene rings is 1. The number of carboxylic acid groups (broad SMARTS) is 1. The van der Waals surface area contributed by atoms with Crippen LogP contribution in [0, 0.1) is 5.92 Å². The Morgan fingerprint density at radius 2 is 2.35 bits per heavy atom. The van der Waals surface area contributed by atoms with Gasteiger partial charge in [0.25, 0.3) is 0 Å². The lowest BCUT2D eigenvalue weighted by Crippen LogP contribution is -2.18. The van der Waals surface area contributed by atoms with Crippen molar-refractivity contribution in [3.05, 3.63) is 28.8 Å². The first-order chi connectivity index (χ1) is 8.15. The first-order valence-corrected chi connectivity index (χ1v) is 5.69. The van der Waals surface area contributed by atoms with E-state index in [1.807, 2.05) is 0 Å². The van der Waals surface area contributed by atoms with Crippen molar-refractivity contribution >= 4 is 17.6 Å². The molecular formula is C12H13ClO4. The van der Waals surface area contributed by atoms with E-state index in [4.69, 9.17) is 26.2 Å². The summed E-state index contributed by atoms with van der Waals surface area (Å²) in [4.78, 5) is 11.1. The van der Waals surface area contributed by atoms with Crippen LogP contribution in [0.4, 0.5) is 0 Å². The number of carbonyl (C=O) groups is 1. The van der Waals surface area contributed by atoms with Gasteiger partial charge in [-0.3, -0.25) is 4.79 Å². The van der Waals surface area contributed by atoms with E-state index in [-0.39, 0.29) is 0 Å². The standard InChI is InChI=1S/C12H13ClO4/c1-16-9-4-2-3-8(13)10(9)11-7(12(14)15)5-6-17-11/h2-4,7,11H,5-6H2,1H3,(H,14,15). The van der Waals surface area contributed by atoms with Gasteiger partial charge in [-0.05, 0) is 18.6 Å². The molecule has 0 amide bonds. The number of halogens is 1. The highest BCUT2D eigenvalue weighted by Crippen LogP contribution is 2.42. The van der Waals surface area contributed by atoms with Gasteiger partial charge in [0, 0.05) is 12.2 Å². The maximum atomic E-state index is 11.1. The molecular weight excluding hydrogens is 244 g/mol. The molecule has 1 heterocycles. The number of hydrogen-bond donors (Lipinski definition) is 1. The lowest BCUT2D eigenvalue weighted by molar-refractivity contribution is -0.143. The lowest BCUT2D eigenvalue weighted by atomic mass is 9.95. The van der Waals surface area contributed by atoms with Crippen LogP contribution in [-0.4, -0.2) is 24.8 Å².